The Balaban J connectivity index is 0.000000845. The van der Waals surface area contributed by atoms with Crippen LogP contribution < -0.4 is 5.90 Å². The third-order valence-corrected chi connectivity index (χ3v) is 2.48. The normalized spacial score (nSPS) is 20.2. The van der Waals surface area contributed by atoms with Crippen LogP contribution in [0.4, 0.5) is 0 Å². The molecule has 0 fully saturated rings. The monoisotopic (exact) mass is 199 g/mol. The lowest BCUT2D eigenvalue weighted by atomic mass is 9.90. The minimum Gasteiger partial charge on any atom is -0.297 e. The number of hydrogen-bond acceptors (Lipinski definition) is 2. The van der Waals surface area contributed by atoms with Crippen molar-refractivity contribution in [2.45, 2.75) is 25.4 Å². The Morgan fingerprint density at radius 3 is 2.85 bits per heavy atom. The standard InChI is InChI=1S/C10H13NO.ClH/c11-12-10-7-3-5-8-4-1-2-6-9(8)10;/h1-2,4,6,10H,3,5,7,11H2;1H. The molecule has 13 heavy (non-hydrogen) atoms. The first-order chi connectivity index (χ1) is 5.92. The van der Waals surface area contributed by atoms with Crippen LogP contribution in [-0.4, -0.2) is 0 Å². The summed E-state index contributed by atoms with van der Waals surface area (Å²) in [5.74, 6) is 5.22. The lowest BCUT2D eigenvalue weighted by molar-refractivity contribution is 0.0405. The summed E-state index contributed by atoms with van der Waals surface area (Å²) in [4.78, 5) is 4.92. The fourth-order valence-corrected chi connectivity index (χ4v) is 1.85. The molecule has 1 atom stereocenters. The molecule has 0 saturated heterocycles. The van der Waals surface area contributed by atoms with Gasteiger partial charge in [-0.1, -0.05) is 24.3 Å². The van der Waals surface area contributed by atoms with Crippen LogP contribution in [0, 0.1) is 0 Å². The molecule has 0 radical (unpaired) electrons. The summed E-state index contributed by atoms with van der Waals surface area (Å²) in [5, 5.41) is 0. The number of nitrogens with two attached hydrogens (primary N) is 1. The van der Waals surface area contributed by atoms with Gasteiger partial charge in [-0.25, -0.2) is 5.90 Å². The summed E-state index contributed by atoms with van der Waals surface area (Å²) in [7, 11) is 0. The van der Waals surface area contributed by atoms with E-state index in [1.807, 2.05) is 6.07 Å². The van der Waals surface area contributed by atoms with E-state index in [0.717, 1.165) is 12.8 Å². The second kappa shape index (κ2) is 4.61. The number of hydrogen-bond donors (Lipinski definition) is 1. The molecule has 0 bridgehead atoms. The van der Waals surface area contributed by atoms with Crippen molar-refractivity contribution in [3.05, 3.63) is 35.4 Å². The average Bonchev–Trinajstić information content (AvgIpc) is 2.17. The Kier molecular flexibility index (Phi) is 3.72. The van der Waals surface area contributed by atoms with Gasteiger partial charge in [-0.05, 0) is 30.4 Å². The van der Waals surface area contributed by atoms with Crippen LogP contribution >= 0.6 is 12.4 Å². The van der Waals surface area contributed by atoms with Gasteiger partial charge in [0, 0.05) is 0 Å². The summed E-state index contributed by atoms with van der Waals surface area (Å²) in [6.45, 7) is 0. The highest BCUT2D eigenvalue weighted by Gasteiger charge is 2.18. The van der Waals surface area contributed by atoms with Gasteiger partial charge in [-0.2, -0.15) is 0 Å². The van der Waals surface area contributed by atoms with Crippen LogP contribution in [0.5, 0.6) is 0 Å². The third kappa shape index (κ3) is 2.02. The van der Waals surface area contributed by atoms with Crippen molar-refractivity contribution in [3.8, 4) is 0 Å². The molecule has 3 heteroatoms. The van der Waals surface area contributed by atoms with E-state index < -0.39 is 0 Å². The second-order valence-electron chi connectivity index (χ2n) is 3.22. The van der Waals surface area contributed by atoms with Gasteiger partial charge in [-0.3, -0.25) is 4.84 Å². The van der Waals surface area contributed by atoms with Crippen molar-refractivity contribution in [1.29, 1.82) is 0 Å². The number of halogens is 1. The maximum atomic E-state index is 5.22. The van der Waals surface area contributed by atoms with E-state index in [1.165, 1.54) is 17.5 Å². The van der Waals surface area contributed by atoms with E-state index in [-0.39, 0.29) is 18.5 Å². The zero-order valence-corrected chi connectivity index (χ0v) is 8.22. The molecule has 2 N–H and O–H groups in total. The molecule has 0 aromatic heterocycles. The number of fused-ring (bicyclic) bond motifs is 1. The summed E-state index contributed by atoms with van der Waals surface area (Å²) >= 11 is 0. The number of benzene rings is 1. The van der Waals surface area contributed by atoms with Crippen molar-refractivity contribution in [2.75, 3.05) is 0 Å². The van der Waals surface area contributed by atoms with Gasteiger partial charge in [0.25, 0.3) is 0 Å². The van der Waals surface area contributed by atoms with E-state index in [9.17, 15) is 0 Å². The van der Waals surface area contributed by atoms with E-state index in [1.54, 1.807) is 0 Å². The first kappa shape index (κ1) is 10.5. The van der Waals surface area contributed by atoms with Crippen molar-refractivity contribution in [3.63, 3.8) is 0 Å². The van der Waals surface area contributed by atoms with E-state index in [0.29, 0.717) is 0 Å². The predicted molar refractivity (Wildman–Crippen MR) is 54.6 cm³/mol. The lowest BCUT2D eigenvalue weighted by Crippen LogP contribution is -2.15. The van der Waals surface area contributed by atoms with Crippen molar-refractivity contribution in [2.24, 2.45) is 5.90 Å². The SMILES string of the molecule is Cl.NOC1CCCc2ccccc21. The zero-order valence-electron chi connectivity index (χ0n) is 7.40. The smallest absolute Gasteiger partial charge is 0.104 e. The Labute approximate surface area is 84.4 Å². The molecule has 1 aliphatic carbocycles. The first-order valence-electron chi connectivity index (χ1n) is 4.35. The highest BCUT2D eigenvalue weighted by molar-refractivity contribution is 5.85. The molecule has 0 saturated carbocycles. The van der Waals surface area contributed by atoms with Crippen molar-refractivity contribution in [1.82, 2.24) is 0 Å². The molecule has 1 aromatic rings. The molecular formula is C10H14ClNO. The van der Waals surface area contributed by atoms with Gasteiger partial charge in [0.05, 0.1) is 0 Å². The molecule has 2 nitrogen and oxygen atoms in total. The van der Waals surface area contributed by atoms with Crippen LogP contribution in [0.3, 0.4) is 0 Å². The fraction of sp³-hybridized carbons (Fsp3) is 0.400. The molecule has 1 aromatic carbocycles. The van der Waals surface area contributed by atoms with Gasteiger partial charge in [0.1, 0.15) is 6.10 Å². The number of aryl methyl sites for hydroxylation is 1. The summed E-state index contributed by atoms with van der Waals surface area (Å²) in [5.41, 5.74) is 2.66. The van der Waals surface area contributed by atoms with Crippen LogP contribution in [0.2, 0.25) is 0 Å². The molecular weight excluding hydrogens is 186 g/mol. The molecule has 1 unspecified atom stereocenters. The average molecular weight is 200 g/mol. The molecule has 0 aliphatic heterocycles. The molecule has 0 spiro atoms. The highest BCUT2D eigenvalue weighted by atomic mass is 35.5. The largest absolute Gasteiger partial charge is 0.297 e. The Morgan fingerprint density at radius 2 is 2.08 bits per heavy atom. The van der Waals surface area contributed by atoms with Gasteiger partial charge in [0.15, 0.2) is 0 Å². The van der Waals surface area contributed by atoms with E-state index in [4.69, 9.17) is 10.7 Å². The maximum Gasteiger partial charge on any atom is 0.104 e. The van der Waals surface area contributed by atoms with Crippen molar-refractivity contribution >= 4 is 12.4 Å². The second-order valence-corrected chi connectivity index (χ2v) is 3.22. The van der Waals surface area contributed by atoms with Gasteiger partial charge in [-0.15, -0.1) is 12.4 Å². The quantitative estimate of drug-likeness (QED) is 0.705. The van der Waals surface area contributed by atoms with E-state index in [2.05, 4.69) is 18.2 Å². The Bertz CT molecular complexity index is 277. The molecule has 0 amide bonds. The lowest BCUT2D eigenvalue weighted by Gasteiger charge is -2.23. The van der Waals surface area contributed by atoms with E-state index >= 15 is 0 Å². The topological polar surface area (TPSA) is 35.2 Å². The molecule has 1 aliphatic rings. The minimum absolute atomic E-state index is 0. The van der Waals surface area contributed by atoms with Crippen LogP contribution in [0.25, 0.3) is 0 Å². The Morgan fingerprint density at radius 1 is 1.31 bits per heavy atom. The molecule has 72 valence electrons. The van der Waals surface area contributed by atoms with Gasteiger partial charge >= 0.3 is 0 Å². The minimum atomic E-state index is 0. The number of rotatable bonds is 1. The van der Waals surface area contributed by atoms with Crippen molar-refractivity contribution < 1.29 is 4.84 Å². The van der Waals surface area contributed by atoms with Gasteiger partial charge < -0.3 is 0 Å². The fourth-order valence-electron chi connectivity index (χ4n) is 1.85. The first-order valence-corrected chi connectivity index (χ1v) is 4.35. The zero-order chi connectivity index (χ0) is 8.39. The highest BCUT2D eigenvalue weighted by Crippen LogP contribution is 2.30. The maximum absolute atomic E-state index is 5.22. The van der Waals surface area contributed by atoms with Crippen LogP contribution in [0.15, 0.2) is 24.3 Å². The van der Waals surface area contributed by atoms with Gasteiger partial charge in [0.2, 0.25) is 0 Å². The van der Waals surface area contributed by atoms with Crippen LogP contribution in [-0.2, 0) is 11.3 Å². The summed E-state index contributed by atoms with van der Waals surface area (Å²) in [6.07, 6.45) is 3.51. The third-order valence-electron chi connectivity index (χ3n) is 2.48. The molecule has 2 rings (SSSR count). The summed E-state index contributed by atoms with van der Waals surface area (Å²) < 4.78 is 0. The van der Waals surface area contributed by atoms with Crippen LogP contribution in [0.1, 0.15) is 30.1 Å². The Hall–Kier alpha value is -0.570. The molecule has 0 heterocycles. The predicted octanol–water partition coefficient (Wildman–Crippen LogP) is 2.38. The summed E-state index contributed by atoms with van der Waals surface area (Å²) in [6, 6.07) is 8.36.